The van der Waals surface area contributed by atoms with Gasteiger partial charge in [-0.1, -0.05) is 24.8 Å². The van der Waals surface area contributed by atoms with Gasteiger partial charge in [-0.3, -0.25) is 0 Å². The molecule has 0 bridgehead atoms. The van der Waals surface area contributed by atoms with Gasteiger partial charge < -0.3 is 19.5 Å². The predicted octanol–water partition coefficient (Wildman–Crippen LogP) is 5.85. The van der Waals surface area contributed by atoms with Crippen molar-refractivity contribution in [3.8, 4) is 28.4 Å². The first-order valence-electron chi connectivity index (χ1n) is 9.83. The first-order valence-corrected chi connectivity index (χ1v) is 9.83. The summed E-state index contributed by atoms with van der Waals surface area (Å²) in [4.78, 5) is 8.70. The molecule has 4 rings (SSSR count). The van der Waals surface area contributed by atoms with Gasteiger partial charge in [-0.15, -0.1) is 0 Å². The Kier molecular flexibility index (Phi) is 5.89. The maximum Gasteiger partial charge on any atom is 0.227 e. The first kappa shape index (κ1) is 21.1. The summed E-state index contributed by atoms with van der Waals surface area (Å²) in [5.74, 6) is 1.75. The number of aromatic nitrogens is 2. The van der Waals surface area contributed by atoms with Gasteiger partial charge in [-0.2, -0.15) is 0 Å². The minimum absolute atomic E-state index is 0.318. The fourth-order valence-electron chi connectivity index (χ4n) is 3.55. The monoisotopic (exact) mass is 431 g/mol. The first-order chi connectivity index (χ1) is 15.6. The van der Waals surface area contributed by atoms with Crippen LogP contribution in [0.1, 0.15) is 5.56 Å². The molecule has 0 radical (unpaired) electrons. The van der Waals surface area contributed by atoms with Crippen molar-refractivity contribution in [3.63, 3.8) is 0 Å². The summed E-state index contributed by atoms with van der Waals surface area (Å²) in [6, 6.07) is 14.0. The third-order valence-electron chi connectivity index (χ3n) is 5.05. The van der Waals surface area contributed by atoms with E-state index in [-0.39, 0.29) is 5.82 Å². The predicted molar refractivity (Wildman–Crippen MR) is 124 cm³/mol. The van der Waals surface area contributed by atoms with Crippen LogP contribution in [0.2, 0.25) is 0 Å². The van der Waals surface area contributed by atoms with Gasteiger partial charge >= 0.3 is 0 Å². The second-order valence-electron chi connectivity index (χ2n) is 6.91. The SMILES string of the molecule is C=Cc1cc(OC)c(OC)c(OC)c1-c1ccc(Nc2ncc3cc(F)ccc3n2)cc1. The number of benzene rings is 3. The summed E-state index contributed by atoms with van der Waals surface area (Å²) in [5.41, 5.74) is 4.07. The highest BCUT2D eigenvalue weighted by atomic mass is 19.1. The third-order valence-corrected chi connectivity index (χ3v) is 5.05. The molecule has 0 aliphatic rings. The summed E-state index contributed by atoms with van der Waals surface area (Å²) in [6.45, 7) is 3.92. The Balaban J connectivity index is 1.68. The molecule has 1 aromatic heterocycles. The minimum atomic E-state index is -0.318. The van der Waals surface area contributed by atoms with Crippen LogP contribution in [0.4, 0.5) is 16.0 Å². The second-order valence-corrected chi connectivity index (χ2v) is 6.91. The van der Waals surface area contributed by atoms with E-state index in [0.717, 1.165) is 22.4 Å². The normalized spacial score (nSPS) is 10.6. The molecule has 0 unspecified atom stereocenters. The molecule has 0 fully saturated rings. The molecule has 32 heavy (non-hydrogen) atoms. The van der Waals surface area contributed by atoms with Crippen LogP contribution in [-0.2, 0) is 0 Å². The number of fused-ring (bicyclic) bond motifs is 1. The van der Waals surface area contributed by atoms with Crippen molar-refractivity contribution >= 4 is 28.6 Å². The molecule has 0 aliphatic heterocycles. The van der Waals surface area contributed by atoms with Crippen LogP contribution < -0.4 is 19.5 Å². The number of rotatable bonds is 7. The van der Waals surface area contributed by atoms with E-state index in [1.54, 1.807) is 39.7 Å². The minimum Gasteiger partial charge on any atom is -0.493 e. The Morgan fingerprint density at radius 1 is 0.938 bits per heavy atom. The van der Waals surface area contributed by atoms with Crippen LogP contribution in [0.3, 0.4) is 0 Å². The van der Waals surface area contributed by atoms with Gasteiger partial charge in [0.05, 0.1) is 26.8 Å². The molecule has 1 N–H and O–H groups in total. The fourth-order valence-corrected chi connectivity index (χ4v) is 3.55. The molecule has 0 aliphatic carbocycles. The highest BCUT2D eigenvalue weighted by Gasteiger charge is 2.20. The number of nitrogens with zero attached hydrogens (tertiary/aromatic N) is 2. The van der Waals surface area contributed by atoms with E-state index in [0.29, 0.717) is 34.1 Å². The lowest BCUT2D eigenvalue weighted by atomic mass is 9.97. The van der Waals surface area contributed by atoms with E-state index in [1.807, 2.05) is 30.3 Å². The summed E-state index contributed by atoms with van der Waals surface area (Å²) in [7, 11) is 4.74. The van der Waals surface area contributed by atoms with Crippen LogP contribution in [0, 0.1) is 5.82 Å². The Labute approximate surface area is 185 Å². The van der Waals surface area contributed by atoms with E-state index >= 15 is 0 Å². The lowest BCUT2D eigenvalue weighted by Crippen LogP contribution is -2.00. The summed E-state index contributed by atoms with van der Waals surface area (Å²) in [5, 5.41) is 3.82. The van der Waals surface area contributed by atoms with Gasteiger partial charge in [-0.05, 0) is 47.5 Å². The maximum absolute atomic E-state index is 13.4. The maximum atomic E-state index is 13.4. The van der Waals surface area contributed by atoms with Crippen LogP contribution >= 0.6 is 0 Å². The molecule has 7 heteroatoms. The second kappa shape index (κ2) is 8.93. The fraction of sp³-hybridized carbons (Fsp3) is 0.120. The van der Waals surface area contributed by atoms with Crippen molar-refractivity contribution < 1.29 is 18.6 Å². The molecule has 0 amide bonds. The molecule has 6 nitrogen and oxygen atoms in total. The molecule has 0 saturated heterocycles. The highest BCUT2D eigenvalue weighted by molar-refractivity contribution is 5.85. The summed E-state index contributed by atoms with van der Waals surface area (Å²) < 4.78 is 30.0. The van der Waals surface area contributed by atoms with Crippen molar-refractivity contribution in [2.75, 3.05) is 26.6 Å². The zero-order valence-corrected chi connectivity index (χ0v) is 18.0. The number of hydrogen-bond donors (Lipinski definition) is 1. The molecular formula is C25H22FN3O3. The zero-order chi connectivity index (χ0) is 22.7. The van der Waals surface area contributed by atoms with E-state index in [9.17, 15) is 4.39 Å². The Morgan fingerprint density at radius 3 is 2.34 bits per heavy atom. The number of anilines is 2. The van der Waals surface area contributed by atoms with E-state index < -0.39 is 0 Å². The lowest BCUT2D eigenvalue weighted by molar-refractivity contribution is 0.325. The molecule has 0 atom stereocenters. The largest absolute Gasteiger partial charge is 0.493 e. The number of hydrogen-bond acceptors (Lipinski definition) is 6. The molecule has 3 aromatic carbocycles. The van der Waals surface area contributed by atoms with Crippen LogP contribution in [0.15, 0.2) is 61.3 Å². The summed E-state index contributed by atoms with van der Waals surface area (Å²) >= 11 is 0. The molecule has 1 heterocycles. The standard InChI is InChI=1S/C25H22FN3O3/c1-5-15-13-21(30-2)23(31-3)24(32-4)22(15)16-6-9-19(10-7-16)28-25-27-14-17-12-18(26)8-11-20(17)29-25/h5-14H,1H2,2-4H3,(H,27,28,29). The smallest absolute Gasteiger partial charge is 0.227 e. The van der Waals surface area contributed by atoms with Crippen molar-refractivity contribution in [1.29, 1.82) is 0 Å². The number of ether oxygens (including phenoxy) is 3. The van der Waals surface area contributed by atoms with E-state index in [4.69, 9.17) is 14.2 Å². The average molecular weight is 431 g/mol. The molecule has 4 aromatic rings. The Hall–Kier alpha value is -4.13. The molecular weight excluding hydrogens is 409 g/mol. The topological polar surface area (TPSA) is 65.5 Å². The number of methoxy groups -OCH3 is 3. The highest BCUT2D eigenvalue weighted by Crippen LogP contribution is 2.47. The molecule has 0 saturated carbocycles. The van der Waals surface area contributed by atoms with Crippen molar-refractivity contribution in [2.45, 2.75) is 0 Å². The van der Waals surface area contributed by atoms with Crippen LogP contribution in [0.5, 0.6) is 17.2 Å². The van der Waals surface area contributed by atoms with E-state index in [1.165, 1.54) is 12.1 Å². The van der Waals surface area contributed by atoms with E-state index in [2.05, 4.69) is 21.9 Å². The van der Waals surface area contributed by atoms with Crippen molar-refractivity contribution in [3.05, 3.63) is 72.7 Å². The van der Waals surface area contributed by atoms with Gasteiger partial charge in [0.2, 0.25) is 11.7 Å². The number of halogens is 1. The molecule has 162 valence electrons. The Bertz CT molecular complexity index is 1290. The van der Waals surface area contributed by atoms with Gasteiger partial charge in [0.1, 0.15) is 5.82 Å². The lowest BCUT2D eigenvalue weighted by Gasteiger charge is -2.19. The number of nitrogens with one attached hydrogen (secondary N) is 1. The van der Waals surface area contributed by atoms with Gasteiger partial charge in [0, 0.05) is 22.8 Å². The van der Waals surface area contributed by atoms with Gasteiger partial charge in [0.15, 0.2) is 11.5 Å². The summed E-state index contributed by atoms with van der Waals surface area (Å²) in [6.07, 6.45) is 3.34. The Morgan fingerprint density at radius 2 is 1.69 bits per heavy atom. The van der Waals surface area contributed by atoms with Crippen LogP contribution in [0.25, 0.3) is 28.1 Å². The zero-order valence-electron chi connectivity index (χ0n) is 18.0. The van der Waals surface area contributed by atoms with Gasteiger partial charge in [0.25, 0.3) is 0 Å². The van der Waals surface area contributed by atoms with Crippen LogP contribution in [-0.4, -0.2) is 31.3 Å². The van der Waals surface area contributed by atoms with Crippen molar-refractivity contribution in [2.24, 2.45) is 0 Å². The molecule has 0 spiro atoms. The average Bonchev–Trinajstić information content (AvgIpc) is 2.83. The van der Waals surface area contributed by atoms with Gasteiger partial charge in [-0.25, -0.2) is 14.4 Å². The quantitative estimate of drug-likeness (QED) is 0.396. The van der Waals surface area contributed by atoms with Crippen molar-refractivity contribution in [1.82, 2.24) is 9.97 Å². The third kappa shape index (κ3) is 3.92.